The molecule has 0 unspecified atom stereocenters. The van der Waals surface area contributed by atoms with Crippen molar-refractivity contribution >= 4 is 22.3 Å². The largest absolute Gasteiger partial charge is 0.343 e. The lowest BCUT2D eigenvalue weighted by molar-refractivity contribution is 0.584. The van der Waals surface area contributed by atoms with Crippen molar-refractivity contribution in [1.29, 1.82) is 0 Å². The summed E-state index contributed by atoms with van der Waals surface area (Å²) in [7, 11) is 1.85. The van der Waals surface area contributed by atoms with E-state index in [0.717, 1.165) is 16.8 Å². The third-order valence-electron chi connectivity index (χ3n) is 6.04. The highest BCUT2D eigenvalue weighted by atomic mass is 19.1. The molecule has 0 amide bonds. The van der Waals surface area contributed by atoms with E-state index in [1.165, 1.54) is 12.3 Å². The fourth-order valence-corrected chi connectivity index (χ4v) is 4.29. The minimum absolute atomic E-state index is 0.118. The Labute approximate surface area is 196 Å². The van der Waals surface area contributed by atoms with Crippen LogP contribution >= 0.6 is 0 Å². The lowest BCUT2D eigenvalue weighted by atomic mass is 9.98. The molecule has 2 heterocycles. The molecule has 168 valence electrons. The van der Waals surface area contributed by atoms with Crippen LogP contribution < -0.4 is 10.5 Å². The van der Waals surface area contributed by atoms with Crippen molar-refractivity contribution < 1.29 is 4.39 Å². The molecular weight excluding hydrogens is 427 g/mol. The van der Waals surface area contributed by atoms with E-state index in [4.69, 9.17) is 4.98 Å². The van der Waals surface area contributed by atoms with Gasteiger partial charge in [0, 0.05) is 12.7 Å². The maximum absolute atomic E-state index is 13.9. The molecule has 3 aromatic carbocycles. The minimum Gasteiger partial charge on any atom is -0.343 e. The first-order valence-corrected chi connectivity index (χ1v) is 11.0. The number of halogens is 1. The number of hydrogen-bond donors (Lipinski definition) is 0. The molecule has 0 saturated carbocycles. The lowest BCUT2D eigenvalue weighted by Crippen LogP contribution is -2.29. The number of fused-ring (bicyclic) bond motifs is 1. The van der Waals surface area contributed by atoms with Crippen molar-refractivity contribution in [2.75, 3.05) is 11.9 Å². The molecule has 0 aliphatic heterocycles. The van der Waals surface area contributed by atoms with E-state index in [1.54, 1.807) is 10.6 Å². The molecule has 0 fully saturated rings. The Morgan fingerprint density at radius 1 is 0.853 bits per heavy atom. The summed E-state index contributed by atoms with van der Waals surface area (Å²) in [6.45, 7) is 1.87. The standard InChI is InChI=1S/C28H23FN4O/c1-19-31-25-15-13-22(32(2)23-14-16-26(29)30-18-23)17-24(25)28(34)33(19)27(20-9-5-3-6-10-20)21-11-7-4-8-12-21/h3-18,27H,1-2H3. The van der Waals surface area contributed by atoms with E-state index in [-0.39, 0.29) is 11.6 Å². The maximum atomic E-state index is 13.9. The molecule has 0 aliphatic carbocycles. The van der Waals surface area contributed by atoms with Crippen molar-refractivity contribution in [3.05, 3.63) is 130 Å². The summed E-state index contributed by atoms with van der Waals surface area (Å²) >= 11 is 0. The Morgan fingerprint density at radius 3 is 2.06 bits per heavy atom. The summed E-state index contributed by atoms with van der Waals surface area (Å²) in [5.41, 5.74) is 4.02. The second kappa shape index (κ2) is 8.90. The van der Waals surface area contributed by atoms with E-state index in [0.29, 0.717) is 22.4 Å². The number of aromatic nitrogens is 3. The molecule has 5 aromatic rings. The van der Waals surface area contributed by atoms with Crippen LogP contribution in [0.15, 0.2) is 102 Å². The SMILES string of the molecule is Cc1nc2ccc(N(C)c3ccc(F)nc3)cc2c(=O)n1C(c1ccccc1)c1ccccc1. The molecule has 2 aromatic heterocycles. The van der Waals surface area contributed by atoms with Gasteiger partial charge in [0.15, 0.2) is 0 Å². The Hall–Kier alpha value is -4.32. The first kappa shape index (κ1) is 21.5. The van der Waals surface area contributed by atoms with Gasteiger partial charge < -0.3 is 4.90 Å². The highest BCUT2D eigenvalue weighted by Crippen LogP contribution is 2.29. The Morgan fingerprint density at radius 2 is 1.47 bits per heavy atom. The number of nitrogens with zero attached hydrogens (tertiary/aromatic N) is 4. The second-order valence-corrected chi connectivity index (χ2v) is 8.16. The molecule has 0 radical (unpaired) electrons. The van der Waals surface area contributed by atoms with Gasteiger partial charge in [-0.1, -0.05) is 60.7 Å². The summed E-state index contributed by atoms with van der Waals surface area (Å²) in [4.78, 5) is 24.3. The first-order chi connectivity index (χ1) is 16.5. The van der Waals surface area contributed by atoms with Crippen molar-refractivity contribution in [3.8, 4) is 0 Å². The minimum atomic E-state index is -0.536. The second-order valence-electron chi connectivity index (χ2n) is 8.16. The van der Waals surface area contributed by atoms with Crippen LogP contribution in [0.3, 0.4) is 0 Å². The molecule has 0 N–H and O–H groups in total. The zero-order chi connectivity index (χ0) is 23.7. The monoisotopic (exact) mass is 450 g/mol. The number of pyridine rings is 1. The van der Waals surface area contributed by atoms with E-state index < -0.39 is 5.95 Å². The van der Waals surface area contributed by atoms with Gasteiger partial charge in [0.1, 0.15) is 5.82 Å². The van der Waals surface area contributed by atoms with Gasteiger partial charge in [-0.2, -0.15) is 4.39 Å². The van der Waals surface area contributed by atoms with Crippen molar-refractivity contribution in [2.24, 2.45) is 0 Å². The van der Waals surface area contributed by atoms with Gasteiger partial charge >= 0.3 is 0 Å². The van der Waals surface area contributed by atoms with Crippen LogP contribution in [0.2, 0.25) is 0 Å². The Balaban J connectivity index is 1.69. The van der Waals surface area contributed by atoms with Crippen LogP contribution in [-0.4, -0.2) is 21.6 Å². The number of anilines is 2. The van der Waals surface area contributed by atoms with Gasteiger partial charge in [0.25, 0.3) is 5.56 Å². The summed E-state index contributed by atoms with van der Waals surface area (Å²) in [6.07, 6.45) is 1.46. The first-order valence-electron chi connectivity index (χ1n) is 11.0. The van der Waals surface area contributed by atoms with Crippen LogP contribution in [-0.2, 0) is 0 Å². The van der Waals surface area contributed by atoms with Crippen molar-refractivity contribution in [1.82, 2.24) is 14.5 Å². The zero-order valence-corrected chi connectivity index (χ0v) is 18.9. The summed E-state index contributed by atoms with van der Waals surface area (Å²) in [5.74, 6) is 0.102. The molecule has 6 heteroatoms. The van der Waals surface area contributed by atoms with E-state index in [1.807, 2.05) is 97.7 Å². The topological polar surface area (TPSA) is 51.0 Å². The summed E-state index contributed by atoms with van der Waals surface area (Å²) in [5, 5.41) is 0.516. The van der Waals surface area contributed by atoms with Crippen LogP contribution in [0.4, 0.5) is 15.8 Å². The number of benzene rings is 3. The van der Waals surface area contributed by atoms with Gasteiger partial charge in [-0.05, 0) is 48.4 Å². The quantitative estimate of drug-likeness (QED) is 0.325. The Kier molecular flexibility index (Phi) is 5.64. The molecule has 0 aliphatic rings. The highest BCUT2D eigenvalue weighted by Gasteiger charge is 2.21. The third-order valence-corrected chi connectivity index (χ3v) is 6.04. The molecule has 0 saturated heterocycles. The van der Waals surface area contributed by atoms with Gasteiger partial charge in [-0.25, -0.2) is 9.97 Å². The molecule has 0 bridgehead atoms. The number of aryl methyl sites for hydroxylation is 1. The molecule has 5 rings (SSSR count). The molecule has 5 nitrogen and oxygen atoms in total. The smallest absolute Gasteiger partial charge is 0.262 e. The lowest BCUT2D eigenvalue weighted by Gasteiger charge is -2.24. The average molecular weight is 451 g/mol. The molecule has 34 heavy (non-hydrogen) atoms. The van der Waals surface area contributed by atoms with E-state index in [2.05, 4.69) is 4.98 Å². The van der Waals surface area contributed by atoms with Crippen LogP contribution in [0, 0.1) is 12.9 Å². The van der Waals surface area contributed by atoms with Gasteiger partial charge in [-0.3, -0.25) is 9.36 Å². The molecule has 0 atom stereocenters. The van der Waals surface area contributed by atoms with Crippen LogP contribution in [0.1, 0.15) is 23.0 Å². The third kappa shape index (κ3) is 3.94. The van der Waals surface area contributed by atoms with Gasteiger partial charge in [-0.15, -0.1) is 0 Å². The normalized spacial score (nSPS) is 11.2. The molecule has 0 spiro atoms. The van der Waals surface area contributed by atoms with E-state index >= 15 is 0 Å². The van der Waals surface area contributed by atoms with E-state index in [9.17, 15) is 9.18 Å². The number of hydrogen-bond acceptors (Lipinski definition) is 4. The highest BCUT2D eigenvalue weighted by molar-refractivity contribution is 5.83. The fraction of sp³-hybridized carbons (Fsp3) is 0.107. The maximum Gasteiger partial charge on any atom is 0.262 e. The van der Waals surface area contributed by atoms with Gasteiger partial charge in [0.05, 0.1) is 28.8 Å². The average Bonchev–Trinajstić information content (AvgIpc) is 2.87. The zero-order valence-electron chi connectivity index (χ0n) is 18.9. The fourth-order valence-electron chi connectivity index (χ4n) is 4.29. The summed E-state index contributed by atoms with van der Waals surface area (Å²) in [6, 6.07) is 28.2. The van der Waals surface area contributed by atoms with Crippen molar-refractivity contribution in [3.63, 3.8) is 0 Å². The number of rotatable bonds is 5. The predicted octanol–water partition coefficient (Wildman–Crippen LogP) is 5.64. The van der Waals surface area contributed by atoms with Crippen LogP contribution in [0.25, 0.3) is 10.9 Å². The summed E-state index contributed by atoms with van der Waals surface area (Å²) < 4.78 is 15.0. The molecular formula is C28H23FN4O. The predicted molar refractivity (Wildman–Crippen MR) is 133 cm³/mol. The van der Waals surface area contributed by atoms with Crippen molar-refractivity contribution in [2.45, 2.75) is 13.0 Å². The van der Waals surface area contributed by atoms with Crippen LogP contribution in [0.5, 0.6) is 0 Å². The van der Waals surface area contributed by atoms with Gasteiger partial charge in [0.2, 0.25) is 5.95 Å². The Bertz CT molecular complexity index is 1460.